The van der Waals surface area contributed by atoms with E-state index in [0.29, 0.717) is 5.92 Å². The average molecular weight is 160 g/mol. The van der Waals surface area contributed by atoms with Crippen LogP contribution < -0.4 is 0 Å². The zero-order valence-electron chi connectivity index (χ0n) is 5.99. The van der Waals surface area contributed by atoms with Crippen molar-refractivity contribution >= 4 is 10.7 Å². The lowest BCUT2D eigenvalue weighted by atomic mass is 9.98. The predicted molar refractivity (Wildman–Crippen MR) is 41.6 cm³/mol. The van der Waals surface area contributed by atoms with Crippen molar-refractivity contribution in [1.29, 1.82) is 0 Å². The van der Waals surface area contributed by atoms with E-state index in [0.717, 1.165) is 12.8 Å². The molecular formula is C7H12O2S. The Morgan fingerprint density at radius 2 is 2.00 bits per heavy atom. The van der Waals surface area contributed by atoms with Gasteiger partial charge in [-0.3, -0.25) is 0 Å². The summed E-state index contributed by atoms with van der Waals surface area (Å²) in [6.45, 7) is 2.10. The highest BCUT2D eigenvalue weighted by molar-refractivity contribution is 7.73. The summed E-state index contributed by atoms with van der Waals surface area (Å²) < 4.78 is 20.9. The first kappa shape index (κ1) is 7.79. The quantitative estimate of drug-likeness (QED) is 0.458. The van der Waals surface area contributed by atoms with Gasteiger partial charge in [0.15, 0.2) is 0 Å². The SMILES string of the molecule is C[C@H]1C=CC([SH](=O)=O)CC1. The lowest BCUT2D eigenvalue weighted by molar-refractivity contribution is 0.561. The molecule has 0 saturated heterocycles. The maximum Gasteiger partial charge on any atom is 0.146 e. The van der Waals surface area contributed by atoms with E-state index in [-0.39, 0.29) is 5.25 Å². The molecule has 10 heavy (non-hydrogen) atoms. The molecule has 0 aromatic carbocycles. The molecule has 1 unspecified atom stereocenters. The van der Waals surface area contributed by atoms with Crippen molar-refractivity contribution in [3.05, 3.63) is 12.2 Å². The summed E-state index contributed by atoms with van der Waals surface area (Å²) in [5, 5.41) is -0.189. The monoisotopic (exact) mass is 160 g/mol. The van der Waals surface area contributed by atoms with Gasteiger partial charge in [-0.25, -0.2) is 8.42 Å². The predicted octanol–water partition coefficient (Wildman–Crippen LogP) is 0.953. The fourth-order valence-electron chi connectivity index (χ4n) is 1.12. The summed E-state index contributed by atoms with van der Waals surface area (Å²) in [4.78, 5) is 0. The van der Waals surface area contributed by atoms with E-state index in [9.17, 15) is 8.42 Å². The number of hydrogen-bond donors (Lipinski definition) is 1. The smallest absolute Gasteiger partial charge is 0.146 e. The van der Waals surface area contributed by atoms with Crippen LogP contribution in [-0.4, -0.2) is 13.7 Å². The summed E-state index contributed by atoms with van der Waals surface area (Å²) in [7, 11) is -2.22. The lowest BCUT2D eigenvalue weighted by Gasteiger charge is -2.14. The van der Waals surface area contributed by atoms with Crippen LogP contribution in [0.5, 0.6) is 0 Å². The minimum atomic E-state index is -2.22. The maximum atomic E-state index is 10.4. The Morgan fingerprint density at radius 3 is 2.40 bits per heavy atom. The van der Waals surface area contributed by atoms with Crippen LogP contribution in [0.25, 0.3) is 0 Å². The molecule has 0 bridgehead atoms. The van der Waals surface area contributed by atoms with Crippen molar-refractivity contribution in [2.75, 3.05) is 0 Å². The lowest BCUT2D eigenvalue weighted by Crippen LogP contribution is -2.12. The molecule has 1 aliphatic rings. The zero-order valence-corrected chi connectivity index (χ0v) is 6.88. The summed E-state index contributed by atoms with van der Waals surface area (Å²) in [6, 6.07) is 0. The second-order valence-corrected chi connectivity index (χ2v) is 4.03. The summed E-state index contributed by atoms with van der Waals surface area (Å²) >= 11 is 0. The number of thiol groups is 1. The largest absolute Gasteiger partial charge is 0.231 e. The van der Waals surface area contributed by atoms with Gasteiger partial charge < -0.3 is 0 Å². The summed E-state index contributed by atoms with van der Waals surface area (Å²) in [5.41, 5.74) is 0. The molecule has 0 aromatic heterocycles. The third kappa shape index (κ3) is 1.84. The standard InChI is InChI=1S/C7H12O2S/c1-6-2-4-7(5-3-6)10(8)9/h2,4,6-7,10H,3,5H2,1H3/t6-,7?/m0/s1. The van der Waals surface area contributed by atoms with Gasteiger partial charge in [0, 0.05) is 0 Å². The summed E-state index contributed by atoms with van der Waals surface area (Å²) in [6.07, 6.45) is 5.60. The van der Waals surface area contributed by atoms with Crippen molar-refractivity contribution < 1.29 is 8.42 Å². The van der Waals surface area contributed by atoms with Crippen LogP contribution in [0, 0.1) is 5.92 Å². The average Bonchev–Trinajstić information content (AvgIpc) is 1.88. The Bertz CT molecular complexity index is 198. The van der Waals surface area contributed by atoms with Crippen LogP contribution in [0.3, 0.4) is 0 Å². The van der Waals surface area contributed by atoms with Gasteiger partial charge in [0.1, 0.15) is 10.7 Å². The van der Waals surface area contributed by atoms with Crippen LogP contribution in [0.15, 0.2) is 12.2 Å². The molecule has 0 aromatic rings. The molecule has 3 heteroatoms. The molecule has 0 amide bonds. The van der Waals surface area contributed by atoms with Crippen molar-refractivity contribution in [2.45, 2.75) is 25.0 Å². The molecule has 0 radical (unpaired) electrons. The van der Waals surface area contributed by atoms with Gasteiger partial charge >= 0.3 is 0 Å². The van der Waals surface area contributed by atoms with Crippen molar-refractivity contribution in [3.8, 4) is 0 Å². The van der Waals surface area contributed by atoms with Gasteiger partial charge in [0.2, 0.25) is 0 Å². The highest BCUT2D eigenvalue weighted by atomic mass is 32.2. The van der Waals surface area contributed by atoms with E-state index in [1.807, 2.05) is 6.08 Å². The normalized spacial score (nSPS) is 33.0. The molecule has 2 nitrogen and oxygen atoms in total. The molecule has 1 rings (SSSR count). The van der Waals surface area contributed by atoms with E-state index in [1.165, 1.54) is 0 Å². The van der Waals surface area contributed by atoms with Crippen LogP contribution in [-0.2, 0) is 10.7 Å². The molecule has 0 N–H and O–H groups in total. The molecule has 0 aliphatic heterocycles. The Balaban J connectivity index is 2.61. The van der Waals surface area contributed by atoms with Gasteiger partial charge in [0.05, 0.1) is 5.25 Å². The molecule has 0 saturated carbocycles. The molecule has 0 spiro atoms. The van der Waals surface area contributed by atoms with Gasteiger partial charge in [-0.15, -0.1) is 0 Å². The minimum Gasteiger partial charge on any atom is -0.231 e. The molecule has 0 heterocycles. The maximum absolute atomic E-state index is 10.4. The third-order valence-electron chi connectivity index (χ3n) is 1.85. The van der Waals surface area contributed by atoms with Crippen molar-refractivity contribution in [3.63, 3.8) is 0 Å². The molecule has 58 valence electrons. The van der Waals surface area contributed by atoms with E-state index in [2.05, 4.69) is 6.92 Å². The van der Waals surface area contributed by atoms with E-state index in [4.69, 9.17) is 0 Å². The Kier molecular flexibility index (Phi) is 2.49. The van der Waals surface area contributed by atoms with Gasteiger partial charge in [-0.2, -0.15) is 0 Å². The first-order valence-corrected chi connectivity index (χ1v) is 4.76. The summed E-state index contributed by atoms with van der Waals surface area (Å²) in [5.74, 6) is 0.561. The topological polar surface area (TPSA) is 34.1 Å². The van der Waals surface area contributed by atoms with Crippen LogP contribution in [0.2, 0.25) is 0 Å². The highest BCUT2D eigenvalue weighted by Crippen LogP contribution is 2.18. The Hall–Kier alpha value is -0.310. The zero-order chi connectivity index (χ0) is 7.56. The fraction of sp³-hybridized carbons (Fsp3) is 0.714. The molecule has 1 aliphatic carbocycles. The number of allylic oxidation sites excluding steroid dienone is 1. The minimum absolute atomic E-state index is 0.189. The first-order valence-electron chi connectivity index (χ1n) is 3.52. The first-order chi connectivity index (χ1) is 4.70. The fourth-order valence-corrected chi connectivity index (χ4v) is 1.72. The van der Waals surface area contributed by atoms with E-state index < -0.39 is 10.7 Å². The van der Waals surface area contributed by atoms with E-state index >= 15 is 0 Å². The third-order valence-corrected chi connectivity index (χ3v) is 2.82. The highest BCUT2D eigenvalue weighted by Gasteiger charge is 2.13. The molecular weight excluding hydrogens is 148 g/mol. The van der Waals surface area contributed by atoms with Crippen molar-refractivity contribution in [2.24, 2.45) is 5.92 Å². The Morgan fingerprint density at radius 1 is 1.30 bits per heavy atom. The van der Waals surface area contributed by atoms with Crippen LogP contribution in [0.1, 0.15) is 19.8 Å². The Labute approximate surface area is 62.9 Å². The molecule has 0 fully saturated rings. The van der Waals surface area contributed by atoms with Crippen molar-refractivity contribution in [1.82, 2.24) is 0 Å². The van der Waals surface area contributed by atoms with Crippen LogP contribution >= 0.6 is 0 Å². The van der Waals surface area contributed by atoms with Gasteiger partial charge in [0.25, 0.3) is 0 Å². The second kappa shape index (κ2) is 3.19. The van der Waals surface area contributed by atoms with Gasteiger partial charge in [-0.05, 0) is 18.8 Å². The number of rotatable bonds is 1. The second-order valence-electron chi connectivity index (χ2n) is 2.79. The van der Waals surface area contributed by atoms with Gasteiger partial charge in [-0.1, -0.05) is 19.1 Å². The van der Waals surface area contributed by atoms with E-state index in [1.54, 1.807) is 6.08 Å². The number of hydrogen-bond acceptors (Lipinski definition) is 2. The van der Waals surface area contributed by atoms with Crippen LogP contribution in [0.4, 0.5) is 0 Å². The molecule has 2 atom stereocenters.